The average Bonchev–Trinajstić information content (AvgIpc) is 2.08. The summed E-state index contributed by atoms with van der Waals surface area (Å²) in [6.07, 6.45) is 5.57. The standard InChI is InChI=1S/C9H6FNO/c1-2-7-5-8(10)3-4-9(7)11-6-12/h1,3-6H,(H,11,12). The zero-order chi connectivity index (χ0) is 8.97. The van der Waals surface area contributed by atoms with E-state index in [2.05, 4.69) is 11.2 Å². The number of hydrogen-bond donors (Lipinski definition) is 1. The molecule has 0 heterocycles. The van der Waals surface area contributed by atoms with Gasteiger partial charge in [0.2, 0.25) is 6.41 Å². The van der Waals surface area contributed by atoms with Crippen molar-refractivity contribution in [2.24, 2.45) is 0 Å². The van der Waals surface area contributed by atoms with Crippen molar-refractivity contribution >= 4 is 12.1 Å². The Hall–Kier alpha value is -1.82. The van der Waals surface area contributed by atoms with Gasteiger partial charge in [-0.25, -0.2) is 4.39 Å². The van der Waals surface area contributed by atoms with Gasteiger partial charge in [-0.3, -0.25) is 4.79 Å². The van der Waals surface area contributed by atoms with Gasteiger partial charge in [0.15, 0.2) is 0 Å². The molecule has 1 aromatic rings. The van der Waals surface area contributed by atoms with E-state index >= 15 is 0 Å². The maximum atomic E-state index is 12.6. The minimum atomic E-state index is -0.417. The summed E-state index contributed by atoms with van der Waals surface area (Å²) in [5, 5.41) is 2.36. The number of amides is 1. The topological polar surface area (TPSA) is 29.1 Å². The van der Waals surface area contributed by atoms with Gasteiger partial charge in [-0.15, -0.1) is 6.42 Å². The molecule has 0 unspecified atom stereocenters. The van der Waals surface area contributed by atoms with E-state index in [0.717, 1.165) is 0 Å². The predicted molar refractivity (Wildman–Crippen MR) is 44.0 cm³/mol. The Balaban J connectivity index is 3.12. The number of anilines is 1. The summed E-state index contributed by atoms with van der Waals surface area (Å²) in [6, 6.07) is 3.83. The van der Waals surface area contributed by atoms with E-state index in [0.29, 0.717) is 17.7 Å². The molecule has 1 rings (SSSR count). The highest BCUT2D eigenvalue weighted by Crippen LogP contribution is 2.14. The van der Waals surface area contributed by atoms with Gasteiger partial charge in [0.05, 0.1) is 11.3 Å². The van der Waals surface area contributed by atoms with Crippen LogP contribution in [0.3, 0.4) is 0 Å². The van der Waals surface area contributed by atoms with Gasteiger partial charge in [-0.2, -0.15) is 0 Å². The molecule has 1 N–H and O–H groups in total. The van der Waals surface area contributed by atoms with Gasteiger partial charge in [-0.05, 0) is 18.2 Å². The van der Waals surface area contributed by atoms with Crippen molar-refractivity contribution in [1.82, 2.24) is 0 Å². The third-order valence-electron chi connectivity index (χ3n) is 1.35. The van der Waals surface area contributed by atoms with E-state index in [1.807, 2.05) is 0 Å². The normalized spacial score (nSPS) is 8.67. The SMILES string of the molecule is C#Cc1cc(F)ccc1NC=O. The lowest BCUT2D eigenvalue weighted by Crippen LogP contribution is -1.96. The summed E-state index contributed by atoms with van der Waals surface area (Å²) in [7, 11) is 0. The van der Waals surface area contributed by atoms with Crippen molar-refractivity contribution in [2.75, 3.05) is 5.32 Å². The molecule has 0 aromatic heterocycles. The van der Waals surface area contributed by atoms with Crippen LogP contribution in [0.1, 0.15) is 5.56 Å². The van der Waals surface area contributed by atoms with Crippen LogP contribution in [0.5, 0.6) is 0 Å². The van der Waals surface area contributed by atoms with Gasteiger partial charge in [0.1, 0.15) is 5.82 Å². The molecule has 12 heavy (non-hydrogen) atoms. The van der Waals surface area contributed by atoms with Crippen LogP contribution in [0.2, 0.25) is 0 Å². The first kappa shape index (κ1) is 8.28. The summed E-state index contributed by atoms with van der Waals surface area (Å²) < 4.78 is 12.6. The highest BCUT2D eigenvalue weighted by molar-refractivity contribution is 5.75. The molecule has 0 radical (unpaired) electrons. The first-order chi connectivity index (χ1) is 5.77. The molecular formula is C9H6FNO. The van der Waals surface area contributed by atoms with Crippen LogP contribution in [-0.4, -0.2) is 6.41 Å². The first-order valence-electron chi connectivity index (χ1n) is 3.24. The van der Waals surface area contributed by atoms with Crippen molar-refractivity contribution < 1.29 is 9.18 Å². The summed E-state index contributed by atoms with van der Waals surface area (Å²) in [4.78, 5) is 10.1. The molecule has 0 saturated heterocycles. The van der Waals surface area contributed by atoms with Crippen LogP contribution in [-0.2, 0) is 4.79 Å². The van der Waals surface area contributed by atoms with Crippen molar-refractivity contribution in [1.29, 1.82) is 0 Å². The van der Waals surface area contributed by atoms with Gasteiger partial charge in [-0.1, -0.05) is 5.92 Å². The smallest absolute Gasteiger partial charge is 0.211 e. The Labute approximate surface area is 69.4 Å². The van der Waals surface area contributed by atoms with Crippen LogP contribution in [0.4, 0.5) is 10.1 Å². The maximum Gasteiger partial charge on any atom is 0.211 e. The van der Waals surface area contributed by atoms with Crippen molar-refractivity contribution in [3.05, 3.63) is 29.6 Å². The lowest BCUT2D eigenvalue weighted by molar-refractivity contribution is -0.105. The maximum absolute atomic E-state index is 12.6. The third-order valence-corrected chi connectivity index (χ3v) is 1.35. The number of carbonyl (C=O) groups is 1. The number of carbonyl (C=O) groups excluding carboxylic acids is 1. The second kappa shape index (κ2) is 3.54. The zero-order valence-corrected chi connectivity index (χ0v) is 6.17. The molecule has 0 aliphatic rings. The molecule has 0 aliphatic heterocycles. The lowest BCUT2D eigenvalue weighted by Gasteiger charge is -2.01. The number of rotatable bonds is 2. The van der Waals surface area contributed by atoms with Crippen molar-refractivity contribution in [3.8, 4) is 12.3 Å². The fraction of sp³-hybridized carbons (Fsp3) is 0. The molecule has 0 aliphatic carbocycles. The molecule has 0 fully saturated rings. The lowest BCUT2D eigenvalue weighted by atomic mass is 10.2. The van der Waals surface area contributed by atoms with Crippen molar-refractivity contribution in [2.45, 2.75) is 0 Å². The molecule has 1 aromatic carbocycles. The van der Waals surface area contributed by atoms with Crippen LogP contribution in [0.25, 0.3) is 0 Å². The third kappa shape index (κ3) is 1.61. The molecule has 2 nitrogen and oxygen atoms in total. The van der Waals surface area contributed by atoms with Crippen LogP contribution in [0, 0.1) is 18.2 Å². The first-order valence-corrected chi connectivity index (χ1v) is 3.24. The van der Waals surface area contributed by atoms with E-state index < -0.39 is 5.82 Å². The number of terminal acetylenes is 1. The number of benzene rings is 1. The molecule has 0 bridgehead atoms. The molecule has 0 saturated carbocycles. The quantitative estimate of drug-likeness (QED) is 0.517. The monoisotopic (exact) mass is 163 g/mol. The van der Waals surface area contributed by atoms with E-state index in [4.69, 9.17) is 6.42 Å². The van der Waals surface area contributed by atoms with Crippen LogP contribution < -0.4 is 5.32 Å². The van der Waals surface area contributed by atoms with Gasteiger partial charge < -0.3 is 5.32 Å². The van der Waals surface area contributed by atoms with E-state index in [1.165, 1.54) is 18.2 Å². The number of halogens is 1. The molecule has 60 valence electrons. The highest BCUT2D eigenvalue weighted by Gasteiger charge is 1.99. The molecule has 0 atom stereocenters. The molecular weight excluding hydrogens is 157 g/mol. The molecule has 3 heteroatoms. The largest absolute Gasteiger partial charge is 0.328 e. The fourth-order valence-electron chi connectivity index (χ4n) is 0.825. The van der Waals surface area contributed by atoms with Crippen molar-refractivity contribution in [3.63, 3.8) is 0 Å². The Morgan fingerprint density at radius 3 is 2.92 bits per heavy atom. The molecule has 1 amide bonds. The Kier molecular flexibility index (Phi) is 2.44. The Morgan fingerprint density at radius 2 is 2.33 bits per heavy atom. The van der Waals surface area contributed by atoms with E-state index in [1.54, 1.807) is 0 Å². The van der Waals surface area contributed by atoms with Gasteiger partial charge in [0, 0.05) is 0 Å². The number of nitrogens with one attached hydrogen (secondary N) is 1. The second-order valence-electron chi connectivity index (χ2n) is 2.10. The van der Waals surface area contributed by atoms with Gasteiger partial charge in [0.25, 0.3) is 0 Å². The zero-order valence-electron chi connectivity index (χ0n) is 6.17. The van der Waals surface area contributed by atoms with Gasteiger partial charge >= 0.3 is 0 Å². The van der Waals surface area contributed by atoms with Crippen LogP contribution >= 0.6 is 0 Å². The minimum absolute atomic E-state index is 0.335. The predicted octanol–water partition coefficient (Wildman–Crippen LogP) is 1.38. The number of hydrogen-bond acceptors (Lipinski definition) is 1. The summed E-state index contributed by atoms with van der Waals surface area (Å²) in [5.74, 6) is 1.84. The average molecular weight is 163 g/mol. The van der Waals surface area contributed by atoms with E-state index in [-0.39, 0.29) is 0 Å². The second-order valence-corrected chi connectivity index (χ2v) is 2.10. The molecule has 0 spiro atoms. The Bertz CT molecular complexity index is 341. The highest BCUT2D eigenvalue weighted by atomic mass is 19.1. The summed E-state index contributed by atoms with van der Waals surface area (Å²) in [5.41, 5.74) is 0.774. The summed E-state index contributed by atoms with van der Waals surface area (Å²) >= 11 is 0. The van der Waals surface area contributed by atoms with Crippen LogP contribution in [0.15, 0.2) is 18.2 Å². The van der Waals surface area contributed by atoms with E-state index in [9.17, 15) is 9.18 Å². The fourth-order valence-corrected chi connectivity index (χ4v) is 0.825. The summed E-state index contributed by atoms with van der Waals surface area (Å²) in [6.45, 7) is 0. The Morgan fingerprint density at radius 1 is 1.58 bits per heavy atom. The minimum Gasteiger partial charge on any atom is -0.328 e.